The summed E-state index contributed by atoms with van der Waals surface area (Å²) in [7, 11) is 0. The van der Waals surface area contributed by atoms with E-state index in [2.05, 4.69) is 65.6 Å². The minimum absolute atomic E-state index is 0.0213. The van der Waals surface area contributed by atoms with E-state index < -0.39 is 5.97 Å². The first-order valence-corrected chi connectivity index (χ1v) is 10.9. The van der Waals surface area contributed by atoms with Crippen LogP contribution in [0, 0.1) is 5.92 Å². The van der Waals surface area contributed by atoms with Gasteiger partial charge in [-0.2, -0.15) is 0 Å². The lowest BCUT2D eigenvalue weighted by Gasteiger charge is -2.34. The normalized spacial score (nSPS) is 15.1. The van der Waals surface area contributed by atoms with Crippen molar-refractivity contribution in [3.05, 3.63) is 71.8 Å². The fourth-order valence-electron chi connectivity index (χ4n) is 3.38. The van der Waals surface area contributed by atoms with E-state index in [9.17, 15) is 4.79 Å². The number of likely N-dealkylation sites (tertiary alicyclic amines) is 1. The number of ether oxygens (including phenoxy) is 1. The highest BCUT2D eigenvalue weighted by Gasteiger charge is 2.24. The van der Waals surface area contributed by atoms with Crippen LogP contribution in [0.1, 0.15) is 50.3 Å². The van der Waals surface area contributed by atoms with Gasteiger partial charge in [0.15, 0.2) is 0 Å². The van der Waals surface area contributed by atoms with E-state index in [1.54, 1.807) is 13.8 Å². The van der Waals surface area contributed by atoms with E-state index in [-0.39, 0.29) is 12.0 Å². The van der Waals surface area contributed by atoms with Crippen molar-refractivity contribution >= 4 is 5.97 Å². The molecule has 0 aliphatic carbocycles. The fraction of sp³-hybridized carbons (Fsp3) is 0.480. The lowest BCUT2D eigenvalue weighted by molar-refractivity contribution is -0.140. The fourth-order valence-corrected chi connectivity index (χ4v) is 3.38. The Morgan fingerprint density at radius 3 is 1.90 bits per heavy atom. The Bertz CT molecular complexity index is 674. The summed E-state index contributed by atoms with van der Waals surface area (Å²) < 4.78 is 6.56. The van der Waals surface area contributed by atoms with Crippen LogP contribution in [-0.2, 0) is 9.53 Å². The number of aliphatic carboxylic acids is 1. The summed E-state index contributed by atoms with van der Waals surface area (Å²) >= 11 is 0. The Hall–Kier alpha value is -2.21. The minimum Gasteiger partial charge on any atom is -0.481 e. The van der Waals surface area contributed by atoms with Crippen LogP contribution in [0.4, 0.5) is 0 Å². The molecule has 1 aliphatic rings. The van der Waals surface area contributed by atoms with Crippen molar-refractivity contribution in [3.8, 4) is 0 Å². The zero-order valence-corrected chi connectivity index (χ0v) is 18.2. The van der Waals surface area contributed by atoms with Crippen LogP contribution >= 0.6 is 0 Å². The number of hydrogen-bond donors (Lipinski definition) is 2. The predicted molar refractivity (Wildman–Crippen MR) is 121 cm³/mol. The second-order valence-electron chi connectivity index (χ2n) is 8.01. The Balaban J connectivity index is 0.000000469. The van der Waals surface area contributed by atoms with E-state index in [4.69, 9.17) is 15.6 Å². The number of benzene rings is 2. The van der Waals surface area contributed by atoms with E-state index >= 15 is 0 Å². The molecule has 0 aromatic heterocycles. The molecule has 5 heteroatoms. The SMILES string of the molecule is CC(C)C(=O)O.NCCCN1CCC(OC(c2ccccc2)c2ccccc2)CC1. The summed E-state index contributed by atoms with van der Waals surface area (Å²) in [6, 6.07) is 21.1. The molecular weight excluding hydrogens is 376 g/mol. The molecule has 1 fully saturated rings. The van der Waals surface area contributed by atoms with Gasteiger partial charge in [0.05, 0.1) is 12.0 Å². The topological polar surface area (TPSA) is 75.8 Å². The smallest absolute Gasteiger partial charge is 0.305 e. The molecule has 30 heavy (non-hydrogen) atoms. The van der Waals surface area contributed by atoms with Gasteiger partial charge in [0.25, 0.3) is 0 Å². The largest absolute Gasteiger partial charge is 0.481 e. The van der Waals surface area contributed by atoms with Crippen molar-refractivity contribution < 1.29 is 14.6 Å². The van der Waals surface area contributed by atoms with Gasteiger partial charge in [-0.05, 0) is 43.5 Å². The third-order valence-corrected chi connectivity index (χ3v) is 5.24. The Kier molecular flexibility index (Phi) is 10.6. The first-order valence-electron chi connectivity index (χ1n) is 10.9. The number of carboxylic acid groups (broad SMARTS) is 1. The van der Waals surface area contributed by atoms with Crippen molar-refractivity contribution in [1.82, 2.24) is 4.90 Å². The number of piperidine rings is 1. The minimum atomic E-state index is -0.741. The van der Waals surface area contributed by atoms with Crippen LogP contribution in [0.3, 0.4) is 0 Å². The summed E-state index contributed by atoms with van der Waals surface area (Å²) in [5, 5.41) is 7.99. The van der Waals surface area contributed by atoms with Crippen molar-refractivity contribution in [2.24, 2.45) is 11.7 Å². The quantitative estimate of drug-likeness (QED) is 0.675. The third-order valence-electron chi connectivity index (χ3n) is 5.24. The van der Waals surface area contributed by atoms with E-state index in [1.807, 2.05) is 0 Å². The molecule has 1 heterocycles. The molecule has 0 amide bonds. The Morgan fingerprint density at radius 1 is 1.03 bits per heavy atom. The lowest BCUT2D eigenvalue weighted by atomic mass is 10.00. The molecule has 1 aliphatic heterocycles. The van der Waals surface area contributed by atoms with Gasteiger partial charge in [0, 0.05) is 13.1 Å². The summed E-state index contributed by atoms with van der Waals surface area (Å²) in [5.41, 5.74) is 8.08. The van der Waals surface area contributed by atoms with Gasteiger partial charge in [-0.15, -0.1) is 0 Å². The van der Waals surface area contributed by atoms with Crippen molar-refractivity contribution in [3.63, 3.8) is 0 Å². The highest BCUT2D eigenvalue weighted by atomic mass is 16.5. The van der Waals surface area contributed by atoms with E-state index in [0.29, 0.717) is 6.10 Å². The van der Waals surface area contributed by atoms with E-state index in [0.717, 1.165) is 45.4 Å². The van der Waals surface area contributed by atoms with Gasteiger partial charge in [-0.25, -0.2) is 0 Å². The van der Waals surface area contributed by atoms with E-state index in [1.165, 1.54) is 11.1 Å². The molecule has 0 bridgehead atoms. The molecule has 164 valence electrons. The summed E-state index contributed by atoms with van der Waals surface area (Å²) in [5.74, 6) is -0.972. The first kappa shape index (κ1) is 24.1. The zero-order chi connectivity index (χ0) is 21.8. The van der Waals surface area contributed by atoms with Crippen LogP contribution < -0.4 is 5.73 Å². The first-order chi connectivity index (χ1) is 14.5. The summed E-state index contributed by atoms with van der Waals surface area (Å²) in [6.07, 6.45) is 3.63. The summed E-state index contributed by atoms with van der Waals surface area (Å²) in [4.78, 5) is 12.2. The number of nitrogens with two attached hydrogens (primary N) is 1. The van der Waals surface area contributed by atoms with Crippen molar-refractivity contribution in [2.75, 3.05) is 26.2 Å². The molecule has 3 N–H and O–H groups in total. The molecule has 0 atom stereocenters. The molecule has 3 rings (SSSR count). The second kappa shape index (κ2) is 13.2. The van der Waals surface area contributed by atoms with Gasteiger partial charge in [0.1, 0.15) is 6.10 Å². The average Bonchev–Trinajstić information content (AvgIpc) is 2.78. The molecule has 0 spiro atoms. The zero-order valence-electron chi connectivity index (χ0n) is 18.2. The summed E-state index contributed by atoms with van der Waals surface area (Å²) in [6.45, 7) is 7.40. The van der Waals surface area contributed by atoms with Crippen molar-refractivity contribution in [2.45, 2.75) is 45.3 Å². The monoisotopic (exact) mass is 412 g/mol. The van der Waals surface area contributed by atoms with Crippen LogP contribution in [-0.4, -0.2) is 48.3 Å². The number of carbonyl (C=O) groups is 1. The standard InChI is InChI=1S/C21H28N2O.C4H8O2/c22-14-7-15-23-16-12-20(13-17-23)24-21(18-8-3-1-4-9-18)19-10-5-2-6-11-19;1-3(2)4(5)6/h1-6,8-11,20-21H,7,12-17,22H2;3H,1-2H3,(H,5,6). The predicted octanol–water partition coefficient (Wildman–Crippen LogP) is 4.33. The molecule has 0 saturated carbocycles. The van der Waals surface area contributed by atoms with Crippen LogP contribution in [0.25, 0.3) is 0 Å². The average molecular weight is 413 g/mol. The lowest BCUT2D eigenvalue weighted by Crippen LogP contribution is -2.38. The number of nitrogens with zero attached hydrogens (tertiary/aromatic N) is 1. The third kappa shape index (κ3) is 8.27. The maximum Gasteiger partial charge on any atom is 0.305 e. The van der Waals surface area contributed by atoms with Crippen LogP contribution in [0.5, 0.6) is 0 Å². The molecule has 1 saturated heterocycles. The van der Waals surface area contributed by atoms with Crippen LogP contribution in [0.2, 0.25) is 0 Å². The molecule has 0 unspecified atom stereocenters. The molecule has 0 radical (unpaired) electrons. The highest BCUT2D eigenvalue weighted by molar-refractivity contribution is 5.68. The van der Waals surface area contributed by atoms with Crippen molar-refractivity contribution in [1.29, 1.82) is 0 Å². The maximum atomic E-state index is 9.70. The van der Waals surface area contributed by atoms with Gasteiger partial charge < -0.3 is 20.5 Å². The second-order valence-corrected chi connectivity index (χ2v) is 8.01. The molecule has 2 aromatic carbocycles. The van der Waals surface area contributed by atoms with Gasteiger partial charge >= 0.3 is 5.97 Å². The number of rotatable bonds is 8. The maximum absolute atomic E-state index is 9.70. The van der Waals surface area contributed by atoms with Gasteiger partial charge in [-0.3, -0.25) is 4.79 Å². The molecule has 2 aromatic rings. The van der Waals surface area contributed by atoms with Gasteiger partial charge in [0.2, 0.25) is 0 Å². The highest BCUT2D eigenvalue weighted by Crippen LogP contribution is 2.29. The van der Waals surface area contributed by atoms with Gasteiger partial charge in [-0.1, -0.05) is 74.5 Å². The van der Waals surface area contributed by atoms with Crippen LogP contribution in [0.15, 0.2) is 60.7 Å². The Labute approximate surface area is 180 Å². The molecule has 5 nitrogen and oxygen atoms in total. The molecular formula is C25H36N2O3. The number of carboxylic acids is 1. The Morgan fingerprint density at radius 2 is 1.50 bits per heavy atom. The number of hydrogen-bond acceptors (Lipinski definition) is 4.